The van der Waals surface area contributed by atoms with Crippen LogP contribution >= 0.6 is 35.3 Å². The minimum Gasteiger partial charge on any atom is -0.337 e. The number of carbonyl (C=O) groups is 1. The van der Waals surface area contributed by atoms with E-state index in [1.54, 1.807) is 41.7 Å². The molecule has 0 saturated heterocycles. The Morgan fingerprint density at radius 1 is 1.29 bits per heavy atom. The quantitative estimate of drug-likeness (QED) is 0.372. The molecule has 4 aromatic rings. The normalized spacial score (nSPS) is 10.5. The number of aromatic nitrogens is 3. The molecule has 31 heavy (non-hydrogen) atoms. The van der Waals surface area contributed by atoms with E-state index in [9.17, 15) is 4.79 Å². The third-order valence-electron chi connectivity index (χ3n) is 4.73. The molecule has 0 aliphatic carbocycles. The lowest BCUT2D eigenvalue weighted by atomic mass is 10.1. The van der Waals surface area contributed by atoms with Crippen molar-refractivity contribution in [3.05, 3.63) is 76.8 Å². The van der Waals surface area contributed by atoms with Gasteiger partial charge >= 0.3 is 0 Å². The number of hydrogen-bond acceptors (Lipinski definition) is 5. The first kappa shape index (κ1) is 22.8. The first-order chi connectivity index (χ1) is 14.5. The Kier molecular flexibility index (Phi) is 7.29. The number of imidazole rings is 1. The molecule has 0 bridgehead atoms. The van der Waals surface area contributed by atoms with E-state index in [2.05, 4.69) is 11.1 Å². The van der Waals surface area contributed by atoms with Crippen molar-refractivity contribution < 1.29 is 4.79 Å². The van der Waals surface area contributed by atoms with E-state index in [0.29, 0.717) is 27.8 Å². The lowest BCUT2D eigenvalue weighted by molar-refractivity contribution is 0.0986. The summed E-state index contributed by atoms with van der Waals surface area (Å²) in [7, 11) is 0. The number of hydrogen-bond donors (Lipinski definition) is 0. The summed E-state index contributed by atoms with van der Waals surface area (Å²) in [6, 6.07) is 12.5. The van der Waals surface area contributed by atoms with Gasteiger partial charge < -0.3 is 4.57 Å². The minimum absolute atomic E-state index is 0. The summed E-state index contributed by atoms with van der Waals surface area (Å²) >= 11 is 7.65. The van der Waals surface area contributed by atoms with Crippen LogP contribution in [0.15, 0.2) is 55.1 Å². The Morgan fingerprint density at radius 3 is 2.74 bits per heavy atom. The summed E-state index contributed by atoms with van der Waals surface area (Å²) in [6.45, 7) is 3.21. The average Bonchev–Trinajstić information content (AvgIpc) is 3.41. The van der Waals surface area contributed by atoms with E-state index in [4.69, 9.17) is 21.8 Å². The van der Waals surface area contributed by atoms with Crippen LogP contribution in [0.2, 0.25) is 5.02 Å². The van der Waals surface area contributed by atoms with Gasteiger partial charge in [-0.15, -0.1) is 12.4 Å². The Bertz CT molecular complexity index is 1230. The first-order valence-corrected chi connectivity index (χ1v) is 10.6. The van der Waals surface area contributed by atoms with Crippen LogP contribution in [0.3, 0.4) is 0 Å². The van der Waals surface area contributed by atoms with E-state index < -0.39 is 0 Å². The Hall–Kier alpha value is -2.92. The van der Waals surface area contributed by atoms with Gasteiger partial charge in [0.15, 0.2) is 5.13 Å². The molecule has 0 radical (unpaired) electrons. The van der Waals surface area contributed by atoms with Crippen molar-refractivity contribution in [3.8, 4) is 6.07 Å². The van der Waals surface area contributed by atoms with Crippen LogP contribution in [0.1, 0.15) is 27.9 Å². The van der Waals surface area contributed by atoms with Gasteiger partial charge in [-0.1, -0.05) is 22.9 Å². The van der Waals surface area contributed by atoms with Crippen LogP contribution in [0.4, 0.5) is 5.13 Å². The van der Waals surface area contributed by atoms with Gasteiger partial charge in [-0.25, -0.2) is 9.97 Å². The zero-order valence-electron chi connectivity index (χ0n) is 16.7. The maximum absolute atomic E-state index is 13.3. The summed E-state index contributed by atoms with van der Waals surface area (Å²) in [5.41, 5.74) is 2.87. The van der Waals surface area contributed by atoms with Crippen molar-refractivity contribution in [1.29, 1.82) is 5.26 Å². The Morgan fingerprint density at radius 2 is 2.06 bits per heavy atom. The molecule has 6 nitrogen and oxygen atoms in total. The predicted molar refractivity (Wildman–Crippen MR) is 126 cm³/mol. The molecule has 0 saturated carbocycles. The maximum Gasteiger partial charge on any atom is 0.260 e. The van der Waals surface area contributed by atoms with E-state index in [-0.39, 0.29) is 18.3 Å². The molecule has 2 aromatic carbocycles. The highest BCUT2D eigenvalue weighted by atomic mass is 35.5. The lowest BCUT2D eigenvalue weighted by Crippen LogP contribution is -2.32. The predicted octanol–water partition coefficient (Wildman–Crippen LogP) is 5.49. The number of fused-ring (bicyclic) bond motifs is 1. The second-order valence-electron chi connectivity index (χ2n) is 6.87. The maximum atomic E-state index is 13.3. The average molecular weight is 472 g/mol. The Balaban J connectivity index is 0.00000272. The standard InChI is InChI=1S/C22H18ClN5OS.ClH/c1-15-11-18(23)12-19-20(15)26-22(30-19)28(9-2-8-27-10-7-25-14-27)21(29)17-5-3-16(13-24)4-6-17;/h3-7,10-12,14H,2,8-9H2,1H3;1H. The molecule has 2 aromatic heterocycles. The molecule has 0 atom stereocenters. The second kappa shape index (κ2) is 9.92. The van der Waals surface area contributed by atoms with Gasteiger partial charge in [0.2, 0.25) is 0 Å². The molecule has 0 fully saturated rings. The number of carbonyl (C=O) groups excluding carboxylic acids is 1. The zero-order valence-corrected chi connectivity index (χ0v) is 19.0. The highest BCUT2D eigenvalue weighted by Crippen LogP contribution is 2.33. The molecule has 0 spiro atoms. The van der Waals surface area contributed by atoms with Crippen LogP contribution in [0, 0.1) is 18.3 Å². The summed E-state index contributed by atoms with van der Waals surface area (Å²) in [5.74, 6) is -0.145. The summed E-state index contributed by atoms with van der Waals surface area (Å²) in [5, 5.41) is 10.3. The van der Waals surface area contributed by atoms with Crippen LogP contribution in [0.5, 0.6) is 0 Å². The first-order valence-electron chi connectivity index (χ1n) is 9.39. The number of nitrogens with zero attached hydrogens (tertiary/aromatic N) is 5. The van der Waals surface area contributed by atoms with Gasteiger partial charge in [0.05, 0.1) is 28.2 Å². The third kappa shape index (κ3) is 5.05. The number of aryl methyl sites for hydroxylation is 2. The Labute approximate surface area is 195 Å². The summed E-state index contributed by atoms with van der Waals surface area (Å²) in [6.07, 6.45) is 6.14. The highest BCUT2D eigenvalue weighted by Gasteiger charge is 2.22. The van der Waals surface area contributed by atoms with Crippen LogP contribution in [-0.4, -0.2) is 27.0 Å². The van der Waals surface area contributed by atoms with Gasteiger partial charge in [-0.05, 0) is 55.3 Å². The molecule has 1 amide bonds. The van der Waals surface area contributed by atoms with Gasteiger partial charge in [0.25, 0.3) is 5.91 Å². The fourth-order valence-corrected chi connectivity index (χ4v) is 4.66. The fraction of sp³-hybridized carbons (Fsp3) is 0.182. The molecule has 0 aliphatic heterocycles. The number of halogens is 2. The van der Waals surface area contributed by atoms with Gasteiger partial charge in [0, 0.05) is 36.1 Å². The smallest absolute Gasteiger partial charge is 0.260 e. The number of anilines is 1. The molecular formula is C22H19Cl2N5OS. The van der Waals surface area contributed by atoms with Crippen molar-refractivity contribution in [2.24, 2.45) is 0 Å². The molecule has 158 valence electrons. The second-order valence-corrected chi connectivity index (χ2v) is 8.31. The van der Waals surface area contributed by atoms with Crippen molar-refractivity contribution in [3.63, 3.8) is 0 Å². The van der Waals surface area contributed by atoms with Crippen molar-refractivity contribution in [2.75, 3.05) is 11.4 Å². The summed E-state index contributed by atoms with van der Waals surface area (Å²) < 4.78 is 2.93. The van der Waals surface area contributed by atoms with E-state index in [1.807, 2.05) is 29.8 Å². The fourth-order valence-electron chi connectivity index (χ4n) is 3.22. The van der Waals surface area contributed by atoms with Gasteiger partial charge in [0.1, 0.15) is 0 Å². The monoisotopic (exact) mass is 471 g/mol. The van der Waals surface area contributed by atoms with E-state index >= 15 is 0 Å². The number of benzene rings is 2. The number of nitriles is 1. The van der Waals surface area contributed by atoms with Gasteiger partial charge in [-0.3, -0.25) is 9.69 Å². The molecule has 9 heteroatoms. The van der Waals surface area contributed by atoms with Crippen molar-refractivity contribution in [2.45, 2.75) is 19.9 Å². The van der Waals surface area contributed by atoms with Crippen molar-refractivity contribution >= 4 is 56.6 Å². The number of thiazole rings is 1. The number of amides is 1. The van der Waals surface area contributed by atoms with Crippen LogP contribution in [0.25, 0.3) is 10.2 Å². The molecule has 4 rings (SSSR count). The van der Waals surface area contributed by atoms with Gasteiger partial charge in [-0.2, -0.15) is 5.26 Å². The SMILES string of the molecule is Cc1cc(Cl)cc2sc(N(CCCn3ccnc3)C(=O)c3ccc(C#N)cc3)nc12.Cl. The van der Waals surface area contributed by atoms with Crippen LogP contribution in [-0.2, 0) is 6.54 Å². The highest BCUT2D eigenvalue weighted by molar-refractivity contribution is 7.22. The number of rotatable bonds is 6. The minimum atomic E-state index is -0.145. The largest absolute Gasteiger partial charge is 0.337 e. The van der Waals surface area contributed by atoms with E-state index in [0.717, 1.165) is 28.7 Å². The van der Waals surface area contributed by atoms with E-state index in [1.165, 1.54) is 11.3 Å². The molecule has 0 N–H and O–H groups in total. The lowest BCUT2D eigenvalue weighted by Gasteiger charge is -2.20. The molecular weight excluding hydrogens is 453 g/mol. The molecule has 0 unspecified atom stereocenters. The van der Waals surface area contributed by atoms with Crippen molar-refractivity contribution in [1.82, 2.24) is 14.5 Å². The zero-order chi connectivity index (χ0) is 21.1. The third-order valence-corrected chi connectivity index (χ3v) is 5.98. The topological polar surface area (TPSA) is 74.8 Å². The molecule has 2 heterocycles. The molecule has 0 aliphatic rings. The van der Waals surface area contributed by atoms with Crippen LogP contribution < -0.4 is 4.90 Å². The summed E-state index contributed by atoms with van der Waals surface area (Å²) in [4.78, 5) is 23.8.